The molecule has 0 bridgehead atoms. The van der Waals surface area contributed by atoms with E-state index >= 15 is 0 Å². The quantitative estimate of drug-likeness (QED) is 0.812. The van der Waals surface area contributed by atoms with Crippen molar-refractivity contribution in [2.75, 3.05) is 13.1 Å². The van der Waals surface area contributed by atoms with Gasteiger partial charge in [0.1, 0.15) is 0 Å². The largest absolute Gasteiger partial charge is 0.317 e. The third kappa shape index (κ3) is 4.99. The van der Waals surface area contributed by atoms with Crippen LogP contribution in [0.5, 0.6) is 0 Å². The molecule has 1 rings (SSSR count). The van der Waals surface area contributed by atoms with E-state index in [0.29, 0.717) is 11.8 Å². The smallest absolute Gasteiger partial charge is 0.0449 e. The minimum atomic E-state index is 0.633. The third-order valence-electron chi connectivity index (χ3n) is 3.10. The van der Waals surface area contributed by atoms with Crippen LogP contribution in [0.2, 0.25) is 5.02 Å². The van der Waals surface area contributed by atoms with E-state index in [1.807, 2.05) is 6.07 Å². The normalized spacial score (nSPS) is 13.1. The van der Waals surface area contributed by atoms with Crippen molar-refractivity contribution >= 4 is 27.5 Å². The predicted octanol–water partition coefficient (Wildman–Crippen LogP) is 4.53. The van der Waals surface area contributed by atoms with Crippen LogP contribution in [0, 0.1) is 11.8 Å². The summed E-state index contributed by atoms with van der Waals surface area (Å²) in [6.07, 6.45) is 1.04. The van der Waals surface area contributed by atoms with Gasteiger partial charge in [-0.25, -0.2) is 0 Å². The van der Waals surface area contributed by atoms with Crippen molar-refractivity contribution in [2.24, 2.45) is 11.8 Å². The maximum atomic E-state index is 6.26. The number of nitrogens with one attached hydrogen (secondary N) is 1. The topological polar surface area (TPSA) is 12.0 Å². The Morgan fingerprint density at radius 1 is 1.35 bits per heavy atom. The maximum absolute atomic E-state index is 6.26. The molecular formula is C14H21BrClN. The molecule has 0 saturated carbocycles. The second kappa shape index (κ2) is 7.40. The molecule has 0 heterocycles. The van der Waals surface area contributed by atoms with E-state index in [9.17, 15) is 0 Å². The highest BCUT2D eigenvalue weighted by atomic mass is 79.9. The van der Waals surface area contributed by atoms with Gasteiger partial charge in [0, 0.05) is 9.50 Å². The fourth-order valence-electron chi connectivity index (χ4n) is 1.84. The SMILES string of the molecule is CCNCC(Cc1ccc(Br)cc1Cl)C(C)C. The lowest BCUT2D eigenvalue weighted by molar-refractivity contribution is 0.364. The van der Waals surface area contributed by atoms with Crippen LogP contribution in [0.1, 0.15) is 26.3 Å². The minimum Gasteiger partial charge on any atom is -0.317 e. The standard InChI is InChI=1S/C14H21BrClN/c1-4-17-9-12(10(2)3)7-11-5-6-13(15)8-14(11)16/h5-6,8,10,12,17H,4,7,9H2,1-3H3. The van der Waals surface area contributed by atoms with Gasteiger partial charge in [0.25, 0.3) is 0 Å². The van der Waals surface area contributed by atoms with E-state index in [-0.39, 0.29) is 0 Å². The highest BCUT2D eigenvalue weighted by molar-refractivity contribution is 9.10. The third-order valence-corrected chi connectivity index (χ3v) is 3.94. The number of hydrogen-bond donors (Lipinski definition) is 1. The number of halogens is 2. The van der Waals surface area contributed by atoms with Gasteiger partial charge in [-0.1, -0.05) is 54.4 Å². The molecule has 0 saturated heterocycles. The molecule has 0 fully saturated rings. The lowest BCUT2D eigenvalue weighted by Gasteiger charge is -2.21. The molecule has 1 N–H and O–H groups in total. The molecule has 0 aromatic heterocycles. The van der Waals surface area contributed by atoms with Gasteiger partial charge in [0.2, 0.25) is 0 Å². The van der Waals surface area contributed by atoms with Crippen molar-refractivity contribution in [1.29, 1.82) is 0 Å². The average molecular weight is 319 g/mol. The molecule has 0 radical (unpaired) electrons. The van der Waals surface area contributed by atoms with Crippen LogP contribution in [-0.4, -0.2) is 13.1 Å². The molecule has 0 amide bonds. The Balaban J connectivity index is 2.71. The molecule has 0 aliphatic carbocycles. The first kappa shape index (κ1) is 15.0. The minimum absolute atomic E-state index is 0.633. The summed E-state index contributed by atoms with van der Waals surface area (Å²) in [5.41, 5.74) is 1.24. The summed E-state index contributed by atoms with van der Waals surface area (Å²) in [4.78, 5) is 0. The van der Waals surface area contributed by atoms with Gasteiger partial charge in [-0.15, -0.1) is 0 Å². The van der Waals surface area contributed by atoms with Gasteiger partial charge in [0.15, 0.2) is 0 Å². The lowest BCUT2D eigenvalue weighted by Crippen LogP contribution is -2.27. The van der Waals surface area contributed by atoms with Crippen LogP contribution < -0.4 is 5.32 Å². The molecule has 1 aromatic rings. The molecule has 1 nitrogen and oxygen atoms in total. The van der Waals surface area contributed by atoms with Crippen LogP contribution in [0.25, 0.3) is 0 Å². The van der Waals surface area contributed by atoms with E-state index < -0.39 is 0 Å². The van der Waals surface area contributed by atoms with Gasteiger partial charge in [-0.3, -0.25) is 0 Å². The second-order valence-electron chi connectivity index (χ2n) is 4.75. The summed E-state index contributed by atoms with van der Waals surface area (Å²) in [6.45, 7) is 8.77. The monoisotopic (exact) mass is 317 g/mol. The van der Waals surface area contributed by atoms with E-state index in [2.05, 4.69) is 54.2 Å². The summed E-state index contributed by atoms with van der Waals surface area (Å²) >= 11 is 9.70. The number of benzene rings is 1. The van der Waals surface area contributed by atoms with Crippen molar-refractivity contribution in [1.82, 2.24) is 5.32 Å². The fourth-order valence-corrected chi connectivity index (χ4v) is 2.59. The van der Waals surface area contributed by atoms with Crippen LogP contribution >= 0.6 is 27.5 Å². The van der Waals surface area contributed by atoms with Gasteiger partial charge in [-0.2, -0.15) is 0 Å². The van der Waals surface area contributed by atoms with E-state index in [1.54, 1.807) is 0 Å². The molecular weight excluding hydrogens is 298 g/mol. The highest BCUT2D eigenvalue weighted by Crippen LogP contribution is 2.25. The Morgan fingerprint density at radius 3 is 2.59 bits per heavy atom. The van der Waals surface area contributed by atoms with Crippen molar-refractivity contribution in [3.05, 3.63) is 33.3 Å². The van der Waals surface area contributed by atoms with E-state index in [1.165, 1.54) is 5.56 Å². The van der Waals surface area contributed by atoms with Crippen LogP contribution in [0.4, 0.5) is 0 Å². The second-order valence-corrected chi connectivity index (χ2v) is 6.07. The Bertz CT molecular complexity index is 352. The number of hydrogen-bond acceptors (Lipinski definition) is 1. The van der Waals surface area contributed by atoms with Gasteiger partial charge in [0.05, 0.1) is 0 Å². The Labute approximate surface area is 118 Å². The molecule has 1 atom stereocenters. The maximum Gasteiger partial charge on any atom is 0.0449 e. The van der Waals surface area contributed by atoms with Crippen molar-refractivity contribution in [3.63, 3.8) is 0 Å². The lowest BCUT2D eigenvalue weighted by atomic mass is 9.89. The van der Waals surface area contributed by atoms with Gasteiger partial charge < -0.3 is 5.32 Å². The van der Waals surface area contributed by atoms with Crippen molar-refractivity contribution in [2.45, 2.75) is 27.2 Å². The van der Waals surface area contributed by atoms with E-state index in [0.717, 1.165) is 29.0 Å². The van der Waals surface area contributed by atoms with Crippen LogP contribution in [0.3, 0.4) is 0 Å². The molecule has 3 heteroatoms. The van der Waals surface area contributed by atoms with Crippen molar-refractivity contribution in [3.8, 4) is 0 Å². The van der Waals surface area contributed by atoms with E-state index in [4.69, 9.17) is 11.6 Å². The molecule has 0 spiro atoms. The Kier molecular flexibility index (Phi) is 6.53. The molecule has 17 heavy (non-hydrogen) atoms. The highest BCUT2D eigenvalue weighted by Gasteiger charge is 2.15. The zero-order valence-electron chi connectivity index (χ0n) is 10.8. The van der Waals surface area contributed by atoms with Gasteiger partial charge in [-0.05, 0) is 49.0 Å². The van der Waals surface area contributed by atoms with Crippen molar-refractivity contribution < 1.29 is 0 Å². The zero-order chi connectivity index (χ0) is 12.8. The first-order chi connectivity index (χ1) is 8.04. The van der Waals surface area contributed by atoms with Crippen LogP contribution in [0.15, 0.2) is 22.7 Å². The average Bonchev–Trinajstić information content (AvgIpc) is 2.26. The van der Waals surface area contributed by atoms with Crippen LogP contribution in [-0.2, 0) is 6.42 Å². The summed E-state index contributed by atoms with van der Waals surface area (Å²) in [5.74, 6) is 1.29. The first-order valence-electron chi connectivity index (χ1n) is 6.19. The molecule has 1 aromatic carbocycles. The molecule has 0 aliphatic rings. The zero-order valence-corrected chi connectivity index (χ0v) is 13.1. The first-order valence-corrected chi connectivity index (χ1v) is 7.36. The Hall–Kier alpha value is -0.0500. The molecule has 0 aliphatic heterocycles. The van der Waals surface area contributed by atoms with Gasteiger partial charge >= 0.3 is 0 Å². The number of rotatable bonds is 6. The summed E-state index contributed by atoms with van der Waals surface area (Å²) in [6, 6.07) is 6.15. The fraction of sp³-hybridized carbons (Fsp3) is 0.571. The molecule has 1 unspecified atom stereocenters. The summed E-state index contributed by atoms with van der Waals surface area (Å²) < 4.78 is 1.04. The Morgan fingerprint density at radius 2 is 2.06 bits per heavy atom. The predicted molar refractivity (Wildman–Crippen MR) is 79.7 cm³/mol. The molecule has 96 valence electrons. The summed E-state index contributed by atoms with van der Waals surface area (Å²) in [5, 5.41) is 4.29. The summed E-state index contributed by atoms with van der Waals surface area (Å²) in [7, 11) is 0.